The lowest BCUT2D eigenvalue weighted by Crippen LogP contribution is -2.22. The summed E-state index contributed by atoms with van der Waals surface area (Å²) in [5.74, 6) is 0.305. The summed E-state index contributed by atoms with van der Waals surface area (Å²) in [6.45, 7) is 4.66. The lowest BCUT2D eigenvalue weighted by Gasteiger charge is -2.03. The number of anilines is 1. The molecule has 2 aromatic rings. The SMILES string of the molecule is CC(C)c1csc(CNC(=O)c2ccc(N)cc2)n1. The Hall–Kier alpha value is -1.88. The Balaban J connectivity index is 1.94. The fourth-order valence-electron chi connectivity index (χ4n) is 1.56. The fourth-order valence-corrected chi connectivity index (χ4v) is 2.46. The lowest BCUT2D eigenvalue weighted by molar-refractivity contribution is 0.0951. The van der Waals surface area contributed by atoms with Crippen LogP contribution in [0.2, 0.25) is 0 Å². The van der Waals surface area contributed by atoms with E-state index in [9.17, 15) is 4.79 Å². The van der Waals surface area contributed by atoms with Gasteiger partial charge in [-0.25, -0.2) is 4.98 Å². The minimum absolute atomic E-state index is 0.110. The quantitative estimate of drug-likeness (QED) is 0.843. The molecule has 0 fully saturated rings. The summed E-state index contributed by atoms with van der Waals surface area (Å²) in [6, 6.07) is 6.86. The molecule has 5 heteroatoms. The number of rotatable bonds is 4. The number of nitrogens with zero attached hydrogens (tertiary/aromatic N) is 1. The van der Waals surface area contributed by atoms with Crippen molar-refractivity contribution in [2.24, 2.45) is 0 Å². The molecule has 0 spiro atoms. The van der Waals surface area contributed by atoms with Gasteiger partial charge in [0.15, 0.2) is 0 Å². The second-order valence-electron chi connectivity index (χ2n) is 4.63. The normalized spacial score (nSPS) is 10.7. The van der Waals surface area contributed by atoms with E-state index in [-0.39, 0.29) is 5.91 Å². The van der Waals surface area contributed by atoms with Gasteiger partial charge in [-0.15, -0.1) is 11.3 Å². The monoisotopic (exact) mass is 275 g/mol. The Morgan fingerprint density at radius 2 is 2.05 bits per heavy atom. The highest BCUT2D eigenvalue weighted by molar-refractivity contribution is 7.09. The summed E-state index contributed by atoms with van der Waals surface area (Å²) in [5.41, 5.74) is 7.91. The third kappa shape index (κ3) is 3.54. The van der Waals surface area contributed by atoms with Crippen LogP contribution in [-0.2, 0) is 6.54 Å². The van der Waals surface area contributed by atoms with Crippen molar-refractivity contribution < 1.29 is 4.79 Å². The van der Waals surface area contributed by atoms with Crippen LogP contribution in [0.4, 0.5) is 5.69 Å². The summed E-state index contributed by atoms with van der Waals surface area (Å²) in [5, 5.41) is 5.82. The smallest absolute Gasteiger partial charge is 0.251 e. The van der Waals surface area contributed by atoms with Crippen molar-refractivity contribution in [3.8, 4) is 0 Å². The van der Waals surface area contributed by atoms with E-state index in [2.05, 4.69) is 24.1 Å². The Labute approximate surface area is 116 Å². The number of amides is 1. The van der Waals surface area contributed by atoms with Crippen molar-refractivity contribution in [2.75, 3.05) is 5.73 Å². The number of hydrogen-bond donors (Lipinski definition) is 2. The van der Waals surface area contributed by atoms with Crippen LogP contribution in [0, 0.1) is 0 Å². The van der Waals surface area contributed by atoms with Crippen LogP contribution in [0.5, 0.6) is 0 Å². The molecule has 1 aromatic heterocycles. The maximum atomic E-state index is 11.9. The first-order valence-electron chi connectivity index (χ1n) is 6.14. The third-order valence-corrected chi connectivity index (χ3v) is 3.60. The van der Waals surface area contributed by atoms with E-state index >= 15 is 0 Å². The lowest BCUT2D eigenvalue weighted by atomic mass is 10.2. The zero-order chi connectivity index (χ0) is 13.8. The average Bonchev–Trinajstić information content (AvgIpc) is 2.86. The standard InChI is InChI=1S/C14H17N3OS/c1-9(2)12-8-19-13(17-12)7-16-14(18)10-3-5-11(15)6-4-10/h3-6,8-9H,7,15H2,1-2H3,(H,16,18). The first-order valence-corrected chi connectivity index (χ1v) is 7.02. The molecule has 4 nitrogen and oxygen atoms in total. The van der Waals surface area contributed by atoms with Crippen molar-refractivity contribution in [1.29, 1.82) is 0 Å². The molecule has 2 rings (SSSR count). The molecule has 0 atom stereocenters. The van der Waals surface area contributed by atoms with Crippen molar-refractivity contribution in [3.05, 3.63) is 45.9 Å². The number of thiazole rings is 1. The van der Waals surface area contributed by atoms with Crippen molar-refractivity contribution >= 4 is 22.9 Å². The predicted molar refractivity (Wildman–Crippen MR) is 78.2 cm³/mol. The van der Waals surface area contributed by atoms with Gasteiger partial charge in [-0.3, -0.25) is 4.79 Å². The molecular weight excluding hydrogens is 258 g/mol. The van der Waals surface area contributed by atoms with E-state index < -0.39 is 0 Å². The van der Waals surface area contributed by atoms with Crippen LogP contribution in [0.3, 0.4) is 0 Å². The molecule has 0 aliphatic carbocycles. The largest absolute Gasteiger partial charge is 0.399 e. The van der Waals surface area contributed by atoms with Crippen LogP contribution in [0.25, 0.3) is 0 Å². The molecular formula is C14H17N3OS. The average molecular weight is 275 g/mol. The van der Waals surface area contributed by atoms with E-state index in [1.54, 1.807) is 35.6 Å². The summed E-state index contributed by atoms with van der Waals surface area (Å²) >= 11 is 1.57. The van der Waals surface area contributed by atoms with Gasteiger partial charge in [0.05, 0.1) is 12.2 Å². The Morgan fingerprint density at radius 1 is 1.37 bits per heavy atom. The number of carbonyl (C=O) groups is 1. The molecule has 0 unspecified atom stereocenters. The van der Waals surface area contributed by atoms with E-state index in [1.807, 2.05) is 5.38 Å². The molecule has 3 N–H and O–H groups in total. The molecule has 0 saturated heterocycles. The molecule has 100 valence electrons. The van der Waals surface area contributed by atoms with Gasteiger partial charge in [-0.2, -0.15) is 0 Å². The Bertz CT molecular complexity index is 560. The van der Waals surface area contributed by atoms with Crippen molar-refractivity contribution in [1.82, 2.24) is 10.3 Å². The predicted octanol–water partition coefficient (Wildman–Crippen LogP) is 2.78. The number of aromatic nitrogens is 1. The van der Waals surface area contributed by atoms with Gasteiger partial charge in [0.25, 0.3) is 5.91 Å². The highest BCUT2D eigenvalue weighted by Gasteiger charge is 2.08. The minimum atomic E-state index is -0.110. The van der Waals surface area contributed by atoms with Gasteiger partial charge in [0.2, 0.25) is 0 Å². The zero-order valence-electron chi connectivity index (χ0n) is 11.0. The summed E-state index contributed by atoms with van der Waals surface area (Å²) in [7, 11) is 0. The molecule has 1 heterocycles. The summed E-state index contributed by atoms with van der Waals surface area (Å²) in [6.07, 6.45) is 0. The Morgan fingerprint density at radius 3 is 2.63 bits per heavy atom. The number of carbonyl (C=O) groups excluding carboxylic acids is 1. The van der Waals surface area contributed by atoms with E-state index in [1.165, 1.54) is 0 Å². The third-order valence-electron chi connectivity index (χ3n) is 2.73. The number of nitrogen functional groups attached to an aromatic ring is 1. The number of benzene rings is 1. The van der Waals surface area contributed by atoms with E-state index in [4.69, 9.17) is 5.73 Å². The highest BCUT2D eigenvalue weighted by atomic mass is 32.1. The summed E-state index contributed by atoms with van der Waals surface area (Å²) in [4.78, 5) is 16.4. The molecule has 1 amide bonds. The van der Waals surface area contributed by atoms with Crippen LogP contribution in [0.1, 0.15) is 40.8 Å². The van der Waals surface area contributed by atoms with Gasteiger partial charge >= 0.3 is 0 Å². The fraction of sp³-hybridized carbons (Fsp3) is 0.286. The van der Waals surface area contributed by atoms with Crippen molar-refractivity contribution in [2.45, 2.75) is 26.3 Å². The molecule has 0 bridgehead atoms. The topological polar surface area (TPSA) is 68.0 Å². The van der Waals surface area contributed by atoms with Gasteiger partial charge in [0.1, 0.15) is 5.01 Å². The van der Waals surface area contributed by atoms with Gasteiger partial charge in [0, 0.05) is 16.6 Å². The molecule has 1 aromatic carbocycles. The summed E-state index contributed by atoms with van der Waals surface area (Å²) < 4.78 is 0. The van der Waals surface area contributed by atoms with Crippen molar-refractivity contribution in [3.63, 3.8) is 0 Å². The molecule has 19 heavy (non-hydrogen) atoms. The second kappa shape index (κ2) is 5.84. The maximum absolute atomic E-state index is 11.9. The van der Waals surface area contributed by atoms with Gasteiger partial charge in [-0.05, 0) is 30.2 Å². The van der Waals surface area contributed by atoms with Gasteiger partial charge < -0.3 is 11.1 Å². The van der Waals surface area contributed by atoms with E-state index in [0.717, 1.165) is 10.7 Å². The number of hydrogen-bond acceptors (Lipinski definition) is 4. The minimum Gasteiger partial charge on any atom is -0.399 e. The molecule has 0 radical (unpaired) electrons. The maximum Gasteiger partial charge on any atom is 0.251 e. The van der Waals surface area contributed by atoms with Crippen LogP contribution >= 0.6 is 11.3 Å². The zero-order valence-corrected chi connectivity index (χ0v) is 11.8. The molecule has 0 aliphatic heterocycles. The highest BCUT2D eigenvalue weighted by Crippen LogP contribution is 2.17. The number of nitrogens with two attached hydrogens (primary N) is 1. The van der Waals surface area contributed by atoms with Crippen LogP contribution in [0.15, 0.2) is 29.6 Å². The number of nitrogens with one attached hydrogen (secondary N) is 1. The first-order chi connectivity index (χ1) is 9.06. The van der Waals surface area contributed by atoms with Crippen LogP contribution < -0.4 is 11.1 Å². The van der Waals surface area contributed by atoms with E-state index in [0.29, 0.717) is 23.7 Å². The first kappa shape index (κ1) is 13.5. The van der Waals surface area contributed by atoms with Gasteiger partial charge in [-0.1, -0.05) is 13.8 Å². The molecule has 0 aliphatic rings. The second-order valence-corrected chi connectivity index (χ2v) is 5.57. The Kier molecular flexibility index (Phi) is 4.16. The molecule has 0 saturated carbocycles. The van der Waals surface area contributed by atoms with Crippen LogP contribution in [-0.4, -0.2) is 10.9 Å².